The number of carboxylic acid groups (broad SMARTS) is 1. The first-order chi connectivity index (χ1) is 13.1. The van der Waals surface area contributed by atoms with Crippen LogP contribution in [0.25, 0.3) is 0 Å². The van der Waals surface area contributed by atoms with Crippen LogP contribution in [0.5, 0.6) is 0 Å². The summed E-state index contributed by atoms with van der Waals surface area (Å²) in [6.45, 7) is 13.1. The Balaban J connectivity index is 1.99. The molecule has 166 valence electrons. The second-order valence-corrected chi connectivity index (χ2v) is 10.2. The van der Waals surface area contributed by atoms with Crippen LogP contribution in [0.2, 0.25) is 6.32 Å². The quantitative estimate of drug-likeness (QED) is 0.509. The molecule has 2 saturated heterocycles. The van der Waals surface area contributed by atoms with Gasteiger partial charge in [0.05, 0.1) is 23.9 Å². The lowest BCUT2D eigenvalue weighted by molar-refractivity contribution is -0.150. The van der Waals surface area contributed by atoms with Gasteiger partial charge < -0.3 is 24.3 Å². The predicted octanol–water partition coefficient (Wildman–Crippen LogP) is 3.07. The molecule has 0 unspecified atom stereocenters. The van der Waals surface area contributed by atoms with Crippen LogP contribution in [-0.4, -0.2) is 69.3 Å². The third-order valence-electron chi connectivity index (χ3n) is 6.08. The van der Waals surface area contributed by atoms with E-state index in [9.17, 15) is 19.8 Å². The largest absolute Gasteiger partial charge is 0.479 e. The Morgan fingerprint density at radius 2 is 1.69 bits per heavy atom. The molecule has 0 bridgehead atoms. The molecule has 2 rings (SSSR count). The van der Waals surface area contributed by atoms with Crippen molar-refractivity contribution in [3.05, 3.63) is 0 Å². The van der Waals surface area contributed by atoms with Crippen molar-refractivity contribution in [2.45, 2.75) is 109 Å². The lowest BCUT2D eigenvalue weighted by Gasteiger charge is -2.35. The number of carbonyl (C=O) groups is 2. The summed E-state index contributed by atoms with van der Waals surface area (Å²) in [4.78, 5) is 25.9. The van der Waals surface area contributed by atoms with Gasteiger partial charge in [0.15, 0.2) is 0 Å². The molecule has 2 aliphatic heterocycles. The van der Waals surface area contributed by atoms with E-state index in [1.54, 1.807) is 20.8 Å². The fourth-order valence-electron chi connectivity index (χ4n) is 3.87. The van der Waals surface area contributed by atoms with Crippen molar-refractivity contribution < 1.29 is 33.8 Å². The van der Waals surface area contributed by atoms with Gasteiger partial charge in [0.25, 0.3) is 0 Å². The molecule has 2 atom stereocenters. The third-order valence-corrected chi connectivity index (χ3v) is 6.08. The molecule has 29 heavy (non-hydrogen) atoms. The standard InChI is InChI=1S/C20H36BNO7/c1-17(2,3)27-16(26)22-13-14(23)12-20(22,15(24)25)10-8-9-11-21-28-18(4,5)19(6,7)29-21/h14,23H,8-13H2,1-7H3,(H,24,25)/t14-,20+/m0/s1. The Labute approximate surface area is 174 Å². The lowest BCUT2D eigenvalue weighted by atomic mass is 9.80. The summed E-state index contributed by atoms with van der Waals surface area (Å²) in [5.74, 6) is -1.12. The molecule has 2 N–H and O–H groups in total. The molecule has 0 radical (unpaired) electrons. The molecular formula is C20H36BNO7. The zero-order valence-electron chi connectivity index (χ0n) is 18.8. The minimum absolute atomic E-state index is 0.00192. The lowest BCUT2D eigenvalue weighted by Crippen LogP contribution is -2.54. The predicted molar refractivity (Wildman–Crippen MR) is 109 cm³/mol. The number of carbonyl (C=O) groups excluding carboxylic acids is 1. The first-order valence-electron chi connectivity index (χ1n) is 10.4. The van der Waals surface area contributed by atoms with Crippen LogP contribution in [0.4, 0.5) is 4.79 Å². The summed E-state index contributed by atoms with van der Waals surface area (Å²) >= 11 is 0. The molecule has 2 fully saturated rings. The van der Waals surface area contributed by atoms with Crippen LogP contribution in [0.1, 0.15) is 74.1 Å². The number of hydrogen-bond donors (Lipinski definition) is 2. The smallest absolute Gasteiger partial charge is 0.457 e. The van der Waals surface area contributed by atoms with Crippen LogP contribution >= 0.6 is 0 Å². The Morgan fingerprint density at radius 3 is 2.17 bits per heavy atom. The van der Waals surface area contributed by atoms with E-state index in [1.165, 1.54) is 4.90 Å². The summed E-state index contributed by atoms with van der Waals surface area (Å²) in [5, 5.41) is 20.1. The maximum absolute atomic E-state index is 12.6. The second kappa shape index (κ2) is 8.08. The molecule has 8 nitrogen and oxygen atoms in total. The number of amides is 1. The van der Waals surface area contributed by atoms with E-state index in [1.807, 2.05) is 27.7 Å². The number of ether oxygens (including phenoxy) is 1. The van der Waals surface area contributed by atoms with E-state index in [-0.39, 0.29) is 26.5 Å². The molecule has 0 aromatic carbocycles. The van der Waals surface area contributed by atoms with Crippen molar-refractivity contribution in [3.8, 4) is 0 Å². The number of rotatable bonds is 6. The van der Waals surface area contributed by atoms with Gasteiger partial charge in [-0.15, -0.1) is 0 Å². The zero-order valence-corrected chi connectivity index (χ0v) is 18.8. The normalized spacial score (nSPS) is 28.6. The Hall–Kier alpha value is -1.32. The first kappa shape index (κ1) is 24.0. The highest BCUT2D eigenvalue weighted by Gasteiger charge is 2.54. The number of hydrogen-bond acceptors (Lipinski definition) is 6. The fraction of sp³-hybridized carbons (Fsp3) is 0.900. The number of aliphatic hydroxyl groups is 1. The van der Waals surface area contributed by atoms with E-state index in [4.69, 9.17) is 14.0 Å². The number of nitrogens with zero attached hydrogens (tertiary/aromatic N) is 1. The molecule has 0 aliphatic carbocycles. The number of carboxylic acids is 1. The first-order valence-corrected chi connectivity index (χ1v) is 10.4. The molecule has 0 spiro atoms. The average molecular weight is 413 g/mol. The molecule has 0 aromatic heterocycles. The van der Waals surface area contributed by atoms with Gasteiger partial charge in [-0.2, -0.15) is 0 Å². The topological polar surface area (TPSA) is 106 Å². The number of likely N-dealkylation sites (tertiary alicyclic amines) is 1. The molecule has 2 heterocycles. The van der Waals surface area contributed by atoms with Gasteiger partial charge in [-0.3, -0.25) is 4.90 Å². The Kier molecular flexibility index (Phi) is 6.67. The Bertz CT molecular complexity index is 615. The highest BCUT2D eigenvalue weighted by atomic mass is 16.7. The van der Waals surface area contributed by atoms with Crippen LogP contribution in [-0.2, 0) is 18.8 Å². The van der Waals surface area contributed by atoms with E-state index in [0.29, 0.717) is 19.2 Å². The number of unbranched alkanes of at least 4 members (excludes halogenated alkanes) is 1. The van der Waals surface area contributed by atoms with Gasteiger partial charge in [-0.1, -0.05) is 12.8 Å². The van der Waals surface area contributed by atoms with Crippen molar-refractivity contribution in [2.75, 3.05) is 6.54 Å². The minimum Gasteiger partial charge on any atom is -0.479 e. The van der Waals surface area contributed by atoms with Crippen molar-refractivity contribution in [1.82, 2.24) is 4.90 Å². The van der Waals surface area contributed by atoms with E-state index >= 15 is 0 Å². The van der Waals surface area contributed by atoms with Gasteiger partial charge in [-0.05, 0) is 61.2 Å². The van der Waals surface area contributed by atoms with Gasteiger partial charge >= 0.3 is 19.2 Å². The van der Waals surface area contributed by atoms with Crippen molar-refractivity contribution in [1.29, 1.82) is 0 Å². The van der Waals surface area contributed by atoms with Gasteiger partial charge in [0.2, 0.25) is 0 Å². The van der Waals surface area contributed by atoms with Crippen LogP contribution in [0.3, 0.4) is 0 Å². The highest BCUT2D eigenvalue weighted by Crippen LogP contribution is 2.39. The number of β-amino-alcohol motifs (C(OH)–C–C–N with tert-alkyl or cyclic N) is 1. The molecule has 0 saturated carbocycles. The van der Waals surface area contributed by atoms with Crippen LogP contribution in [0, 0.1) is 0 Å². The van der Waals surface area contributed by atoms with Crippen LogP contribution < -0.4 is 0 Å². The van der Waals surface area contributed by atoms with E-state index < -0.39 is 40.5 Å². The summed E-state index contributed by atoms with van der Waals surface area (Å²) in [6, 6.07) is 0. The van der Waals surface area contributed by atoms with Crippen molar-refractivity contribution in [2.24, 2.45) is 0 Å². The van der Waals surface area contributed by atoms with E-state index in [2.05, 4.69) is 0 Å². The van der Waals surface area contributed by atoms with Gasteiger partial charge in [0.1, 0.15) is 11.1 Å². The van der Waals surface area contributed by atoms with Gasteiger partial charge in [-0.25, -0.2) is 9.59 Å². The monoisotopic (exact) mass is 413 g/mol. The maximum atomic E-state index is 12.6. The molecular weight excluding hydrogens is 377 g/mol. The average Bonchev–Trinajstić information content (AvgIpc) is 2.96. The second-order valence-electron chi connectivity index (χ2n) is 10.2. The maximum Gasteiger partial charge on any atom is 0.457 e. The van der Waals surface area contributed by atoms with E-state index in [0.717, 1.165) is 0 Å². The summed E-state index contributed by atoms with van der Waals surface area (Å²) in [5.41, 5.74) is -3.00. The summed E-state index contributed by atoms with van der Waals surface area (Å²) in [7, 11) is -0.336. The molecule has 9 heteroatoms. The number of aliphatic carboxylic acids is 1. The molecule has 1 amide bonds. The highest BCUT2D eigenvalue weighted by molar-refractivity contribution is 6.45. The molecule has 0 aromatic rings. The number of aliphatic hydroxyl groups excluding tert-OH is 1. The minimum atomic E-state index is -1.46. The fourth-order valence-corrected chi connectivity index (χ4v) is 3.87. The molecule has 2 aliphatic rings. The summed E-state index contributed by atoms with van der Waals surface area (Å²) < 4.78 is 17.3. The Morgan fingerprint density at radius 1 is 1.14 bits per heavy atom. The van der Waals surface area contributed by atoms with Crippen LogP contribution in [0.15, 0.2) is 0 Å². The SMILES string of the molecule is CC(C)(C)OC(=O)N1C[C@@H](O)C[C@]1(CCCCB1OC(C)(C)C(C)(C)O1)C(=O)O. The van der Waals surface area contributed by atoms with Gasteiger partial charge in [0, 0.05) is 6.42 Å². The third kappa shape index (κ3) is 5.24. The zero-order chi connectivity index (χ0) is 22.3. The van der Waals surface area contributed by atoms with Crippen molar-refractivity contribution in [3.63, 3.8) is 0 Å². The summed E-state index contributed by atoms with van der Waals surface area (Å²) in [6.07, 6.45) is 0.518. The van der Waals surface area contributed by atoms with Crippen molar-refractivity contribution >= 4 is 19.2 Å².